The molecular formula is C18H28N4O3. The van der Waals surface area contributed by atoms with E-state index >= 15 is 0 Å². The van der Waals surface area contributed by atoms with E-state index in [1.807, 2.05) is 32.0 Å². The van der Waals surface area contributed by atoms with Gasteiger partial charge in [0.15, 0.2) is 24.1 Å². The molecule has 1 fully saturated rings. The third-order valence-electron chi connectivity index (χ3n) is 3.64. The molecular weight excluding hydrogens is 320 g/mol. The van der Waals surface area contributed by atoms with Crippen LogP contribution < -0.4 is 25.4 Å². The minimum absolute atomic E-state index is 0.0302. The van der Waals surface area contributed by atoms with E-state index in [0.29, 0.717) is 30.6 Å². The highest BCUT2D eigenvalue weighted by atomic mass is 16.5. The molecule has 1 aliphatic rings. The van der Waals surface area contributed by atoms with Gasteiger partial charge in [0.05, 0.1) is 13.7 Å². The molecule has 1 aromatic rings. The van der Waals surface area contributed by atoms with Gasteiger partial charge in [-0.3, -0.25) is 4.79 Å². The summed E-state index contributed by atoms with van der Waals surface area (Å²) in [5, 5.41) is 9.33. The Morgan fingerprint density at radius 1 is 1.20 bits per heavy atom. The van der Waals surface area contributed by atoms with Gasteiger partial charge in [0.25, 0.3) is 5.91 Å². The predicted molar refractivity (Wildman–Crippen MR) is 98.1 cm³/mol. The number of amides is 1. The van der Waals surface area contributed by atoms with Crippen LogP contribution in [0.4, 0.5) is 0 Å². The number of guanidine groups is 1. The molecule has 0 radical (unpaired) electrons. The Bertz CT molecular complexity index is 600. The number of benzene rings is 1. The zero-order valence-electron chi connectivity index (χ0n) is 15.2. The van der Waals surface area contributed by atoms with Crippen molar-refractivity contribution in [3.63, 3.8) is 0 Å². The third-order valence-corrected chi connectivity index (χ3v) is 3.64. The molecule has 0 heterocycles. The summed E-state index contributed by atoms with van der Waals surface area (Å²) in [6.45, 7) is 5.84. The van der Waals surface area contributed by atoms with Crippen molar-refractivity contribution in [3.05, 3.63) is 23.8 Å². The first kappa shape index (κ1) is 18.9. The van der Waals surface area contributed by atoms with Gasteiger partial charge >= 0.3 is 0 Å². The van der Waals surface area contributed by atoms with Crippen molar-refractivity contribution in [2.75, 3.05) is 26.8 Å². The molecule has 7 heteroatoms. The molecule has 0 unspecified atom stereocenters. The number of nitrogens with one attached hydrogen (secondary N) is 3. The zero-order valence-corrected chi connectivity index (χ0v) is 15.2. The molecule has 25 heavy (non-hydrogen) atoms. The molecule has 0 saturated heterocycles. The summed E-state index contributed by atoms with van der Waals surface area (Å²) in [7, 11) is 1.58. The lowest BCUT2D eigenvalue weighted by molar-refractivity contribution is -0.123. The maximum atomic E-state index is 11.5. The van der Waals surface area contributed by atoms with Gasteiger partial charge in [0.2, 0.25) is 0 Å². The average molecular weight is 348 g/mol. The third kappa shape index (κ3) is 6.52. The molecule has 3 N–H and O–H groups in total. The lowest BCUT2D eigenvalue weighted by Gasteiger charge is -2.12. The van der Waals surface area contributed by atoms with Gasteiger partial charge in [0, 0.05) is 19.1 Å². The Morgan fingerprint density at radius 3 is 2.60 bits per heavy atom. The van der Waals surface area contributed by atoms with E-state index in [-0.39, 0.29) is 12.5 Å². The van der Waals surface area contributed by atoms with E-state index in [1.54, 1.807) is 7.11 Å². The topological polar surface area (TPSA) is 84.0 Å². The Labute approximate surface area is 149 Å². The first-order valence-electron chi connectivity index (χ1n) is 8.77. The average Bonchev–Trinajstić information content (AvgIpc) is 3.42. The van der Waals surface area contributed by atoms with Crippen molar-refractivity contribution < 1.29 is 14.3 Å². The number of likely N-dealkylation sites (N-methyl/N-ethyl adjacent to an activating group) is 1. The Hall–Kier alpha value is -2.44. The van der Waals surface area contributed by atoms with E-state index in [9.17, 15) is 4.79 Å². The number of aliphatic imine (C=N–C) groups is 1. The molecule has 0 spiro atoms. The molecule has 1 aliphatic carbocycles. The Morgan fingerprint density at radius 2 is 1.96 bits per heavy atom. The maximum Gasteiger partial charge on any atom is 0.257 e. The van der Waals surface area contributed by atoms with Crippen LogP contribution in [0.15, 0.2) is 23.2 Å². The number of nitrogens with zero attached hydrogens (tertiary/aromatic N) is 1. The molecule has 2 rings (SSSR count). The number of ether oxygens (including phenoxy) is 2. The van der Waals surface area contributed by atoms with Crippen molar-refractivity contribution in [3.8, 4) is 11.5 Å². The number of carbonyl (C=O) groups excluding carboxylic acids is 1. The van der Waals surface area contributed by atoms with E-state index in [0.717, 1.165) is 18.1 Å². The van der Waals surface area contributed by atoms with E-state index in [2.05, 4.69) is 20.9 Å². The van der Waals surface area contributed by atoms with Crippen LogP contribution in [0.1, 0.15) is 32.3 Å². The summed E-state index contributed by atoms with van der Waals surface area (Å²) >= 11 is 0. The van der Waals surface area contributed by atoms with E-state index in [4.69, 9.17) is 9.47 Å². The Kier molecular flexibility index (Phi) is 7.37. The molecule has 0 aromatic heterocycles. The molecule has 0 bridgehead atoms. The fourth-order valence-electron chi connectivity index (χ4n) is 2.23. The second-order valence-corrected chi connectivity index (χ2v) is 5.84. The first-order chi connectivity index (χ1) is 12.2. The maximum absolute atomic E-state index is 11.5. The molecule has 1 amide bonds. The van der Waals surface area contributed by atoms with Crippen molar-refractivity contribution in [1.82, 2.24) is 16.0 Å². The SMILES string of the molecule is CCNC(=O)COc1ccc(CN=C(NCC)NC2CC2)cc1OC. The number of hydrogen-bond acceptors (Lipinski definition) is 4. The van der Waals surface area contributed by atoms with Gasteiger partial charge in [-0.25, -0.2) is 4.99 Å². The summed E-state index contributed by atoms with van der Waals surface area (Å²) in [5.74, 6) is 1.82. The second-order valence-electron chi connectivity index (χ2n) is 5.84. The van der Waals surface area contributed by atoms with Crippen molar-refractivity contribution >= 4 is 11.9 Å². The molecule has 138 valence electrons. The summed E-state index contributed by atoms with van der Waals surface area (Å²) in [5.41, 5.74) is 1.01. The summed E-state index contributed by atoms with van der Waals surface area (Å²) in [4.78, 5) is 16.1. The number of carbonyl (C=O) groups is 1. The molecule has 7 nitrogen and oxygen atoms in total. The van der Waals surface area contributed by atoms with Crippen LogP contribution in [-0.4, -0.2) is 44.7 Å². The van der Waals surface area contributed by atoms with Gasteiger partial charge in [0.1, 0.15) is 0 Å². The zero-order chi connectivity index (χ0) is 18.1. The monoisotopic (exact) mass is 348 g/mol. The first-order valence-corrected chi connectivity index (χ1v) is 8.77. The van der Waals surface area contributed by atoms with E-state index in [1.165, 1.54) is 12.8 Å². The van der Waals surface area contributed by atoms with Crippen LogP contribution in [0.25, 0.3) is 0 Å². The lowest BCUT2D eigenvalue weighted by Crippen LogP contribution is -2.38. The molecule has 0 aliphatic heterocycles. The highest BCUT2D eigenvalue weighted by molar-refractivity contribution is 5.80. The Balaban J connectivity index is 1.97. The van der Waals surface area contributed by atoms with Crippen molar-refractivity contribution in [2.45, 2.75) is 39.3 Å². The van der Waals surface area contributed by atoms with E-state index < -0.39 is 0 Å². The summed E-state index contributed by atoms with van der Waals surface area (Å²) in [6.07, 6.45) is 2.41. The fourth-order valence-corrected chi connectivity index (χ4v) is 2.23. The minimum Gasteiger partial charge on any atom is -0.493 e. The molecule has 1 saturated carbocycles. The predicted octanol–water partition coefficient (Wildman–Crippen LogP) is 1.43. The number of hydrogen-bond donors (Lipinski definition) is 3. The quantitative estimate of drug-likeness (QED) is 0.464. The second kappa shape index (κ2) is 9.76. The van der Waals surface area contributed by atoms with Gasteiger partial charge in [-0.2, -0.15) is 0 Å². The van der Waals surface area contributed by atoms with Gasteiger partial charge in [-0.15, -0.1) is 0 Å². The summed E-state index contributed by atoms with van der Waals surface area (Å²) < 4.78 is 10.9. The van der Waals surface area contributed by atoms with Crippen molar-refractivity contribution in [1.29, 1.82) is 0 Å². The van der Waals surface area contributed by atoms with Crippen LogP contribution in [0.5, 0.6) is 11.5 Å². The van der Waals surface area contributed by atoms with Crippen LogP contribution >= 0.6 is 0 Å². The van der Waals surface area contributed by atoms with Crippen LogP contribution in [0.3, 0.4) is 0 Å². The van der Waals surface area contributed by atoms with Gasteiger partial charge in [-0.1, -0.05) is 6.07 Å². The van der Waals surface area contributed by atoms with Crippen LogP contribution in [-0.2, 0) is 11.3 Å². The standard InChI is InChI=1S/C18H28N4O3/c1-4-19-17(23)12-25-15-9-6-13(10-16(15)24-3)11-21-18(20-5-2)22-14-7-8-14/h6,9-10,14H,4-5,7-8,11-12H2,1-3H3,(H,19,23)(H2,20,21,22). The van der Waals surface area contributed by atoms with Crippen molar-refractivity contribution in [2.24, 2.45) is 4.99 Å². The summed E-state index contributed by atoms with van der Waals surface area (Å²) in [6, 6.07) is 6.18. The molecule has 1 aromatic carbocycles. The number of methoxy groups -OCH3 is 1. The highest BCUT2D eigenvalue weighted by Crippen LogP contribution is 2.28. The smallest absolute Gasteiger partial charge is 0.257 e. The normalized spacial score (nSPS) is 14.0. The van der Waals surface area contributed by atoms with Crippen LogP contribution in [0.2, 0.25) is 0 Å². The highest BCUT2D eigenvalue weighted by Gasteiger charge is 2.22. The van der Waals surface area contributed by atoms with Crippen LogP contribution in [0, 0.1) is 0 Å². The van der Waals surface area contributed by atoms with Gasteiger partial charge in [-0.05, 0) is 44.4 Å². The fraction of sp³-hybridized carbons (Fsp3) is 0.556. The minimum atomic E-state index is -0.153. The largest absolute Gasteiger partial charge is 0.493 e. The lowest BCUT2D eigenvalue weighted by atomic mass is 10.2. The van der Waals surface area contributed by atoms with Gasteiger partial charge < -0.3 is 25.4 Å². The number of rotatable bonds is 9. The molecule has 0 atom stereocenters.